The van der Waals surface area contributed by atoms with E-state index in [2.05, 4.69) is 4.90 Å². The second-order valence-corrected chi connectivity index (χ2v) is 10.8. The third-order valence-electron chi connectivity index (χ3n) is 9.21. The Bertz CT molecular complexity index is 1160. The van der Waals surface area contributed by atoms with Crippen molar-refractivity contribution in [2.45, 2.75) is 61.7 Å². The number of nitrogens with zero attached hydrogens (tertiary/aromatic N) is 2. The lowest BCUT2D eigenvalue weighted by atomic mass is 9.49. The third kappa shape index (κ3) is 2.63. The zero-order chi connectivity index (χ0) is 22.5. The Balaban J connectivity index is 1.36. The minimum absolute atomic E-state index is 0.0507. The maximum Gasteiger partial charge on any atom is 0.269 e. The van der Waals surface area contributed by atoms with Crippen LogP contribution < -0.4 is 4.74 Å². The van der Waals surface area contributed by atoms with E-state index in [0.717, 1.165) is 49.4 Å². The number of aliphatic hydroxyl groups is 1. The number of benzene rings is 2. The summed E-state index contributed by atoms with van der Waals surface area (Å²) in [6, 6.07) is 10.8. The average Bonchev–Trinajstić information content (AvgIpc) is 3.56. The standard InChI is InChI=1S/C26H28N2O5/c29-21-7-6-16-11-20-19-12-18(15-2-1-3-17(10-15)28(31)32)23(30)25-26(19,22(16)24(21)33-25)8-9-27(20)13-14-4-5-14/h1-3,6-7,10,14,18-20,23,25,29-30H,4-5,8-9,11-13H2/t18-,19+,20-,23+,25+,26+/m1/s1. The molecule has 33 heavy (non-hydrogen) atoms. The van der Waals surface area contributed by atoms with E-state index in [-0.39, 0.29) is 33.6 Å². The fraction of sp³-hybridized carbons (Fsp3) is 0.538. The van der Waals surface area contributed by atoms with Crippen molar-refractivity contribution in [1.29, 1.82) is 0 Å². The van der Waals surface area contributed by atoms with Gasteiger partial charge in [-0.15, -0.1) is 0 Å². The molecule has 2 N–H and O–H groups in total. The molecule has 2 bridgehead atoms. The Morgan fingerprint density at radius 1 is 1.24 bits per heavy atom. The number of phenolic OH excluding ortho intramolecular Hbond substituents is 1. The highest BCUT2D eigenvalue weighted by molar-refractivity contribution is 5.61. The molecule has 0 radical (unpaired) electrons. The van der Waals surface area contributed by atoms with Crippen LogP contribution in [0.25, 0.3) is 0 Å². The van der Waals surface area contributed by atoms with Crippen LogP contribution in [0.15, 0.2) is 36.4 Å². The minimum atomic E-state index is -0.795. The summed E-state index contributed by atoms with van der Waals surface area (Å²) < 4.78 is 6.43. The number of nitro benzene ring substituents is 1. The highest BCUT2D eigenvalue weighted by atomic mass is 16.6. The summed E-state index contributed by atoms with van der Waals surface area (Å²) in [5, 5.41) is 33.7. The molecule has 5 aliphatic rings. The molecule has 6 atom stereocenters. The number of aromatic hydroxyl groups is 1. The van der Waals surface area contributed by atoms with Gasteiger partial charge in [0.25, 0.3) is 5.69 Å². The molecular weight excluding hydrogens is 420 g/mol. The van der Waals surface area contributed by atoms with E-state index in [4.69, 9.17) is 4.74 Å². The first-order valence-corrected chi connectivity index (χ1v) is 12.2. The number of phenols is 1. The van der Waals surface area contributed by atoms with Crippen molar-refractivity contribution in [2.24, 2.45) is 11.8 Å². The first kappa shape index (κ1) is 19.8. The van der Waals surface area contributed by atoms with Crippen LogP contribution in [0.5, 0.6) is 11.5 Å². The van der Waals surface area contributed by atoms with Crippen LogP contribution in [-0.4, -0.2) is 51.4 Å². The molecule has 3 fully saturated rings. The number of ether oxygens (including phenoxy) is 1. The molecule has 1 spiro atoms. The molecule has 7 rings (SSSR count). The number of piperidine rings is 1. The fourth-order valence-electron chi connectivity index (χ4n) is 7.65. The van der Waals surface area contributed by atoms with Crippen molar-refractivity contribution in [3.05, 3.63) is 63.2 Å². The molecule has 0 aromatic heterocycles. The number of hydrogen-bond acceptors (Lipinski definition) is 6. The van der Waals surface area contributed by atoms with Gasteiger partial charge in [-0.3, -0.25) is 15.0 Å². The van der Waals surface area contributed by atoms with E-state index in [1.54, 1.807) is 18.2 Å². The van der Waals surface area contributed by atoms with Crippen LogP contribution in [0.2, 0.25) is 0 Å². The van der Waals surface area contributed by atoms with Gasteiger partial charge >= 0.3 is 0 Å². The third-order valence-corrected chi connectivity index (χ3v) is 9.21. The lowest BCUT2D eigenvalue weighted by molar-refractivity contribution is -0.385. The molecule has 7 nitrogen and oxygen atoms in total. The zero-order valence-electron chi connectivity index (χ0n) is 18.4. The predicted molar refractivity (Wildman–Crippen MR) is 121 cm³/mol. The molecule has 1 saturated heterocycles. The SMILES string of the molecule is O=[N+]([O-])c1cccc([C@H]2C[C@H]3[C@H]4Cc5ccc(O)c6c5[C@@]3(CCN4CC3CC3)[C@@H](O6)[C@H]2O)c1. The van der Waals surface area contributed by atoms with Crippen molar-refractivity contribution in [3.8, 4) is 11.5 Å². The number of non-ortho nitro benzene ring substituents is 1. The van der Waals surface area contributed by atoms with Gasteiger partial charge in [-0.2, -0.15) is 0 Å². The molecule has 3 aliphatic carbocycles. The quantitative estimate of drug-likeness (QED) is 0.549. The fourth-order valence-corrected chi connectivity index (χ4v) is 7.65. The molecule has 2 heterocycles. The van der Waals surface area contributed by atoms with Crippen LogP contribution in [0.1, 0.15) is 48.3 Å². The lowest BCUT2D eigenvalue weighted by Gasteiger charge is -2.60. The Morgan fingerprint density at radius 2 is 2.09 bits per heavy atom. The highest BCUT2D eigenvalue weighted by Crippen LogP contribution is 2.65. The Hall–Kier alpha value is -2.64. The normalized spacial score (nSPS) is 36.2. The van der Waals surface area contributed by atoms with Crippen LogP contribution >= 0.6 is 0 Å². The summed E-state index contributed by atoms with van der Waals surface area (Å²) >= 11 is 0. The molecule has 2 saturated carbocycles. The summed E-state index contributed by atoms with van der Waals surface area (Å²) in [5.74, 6) is 1.53. The van der Waals surface area contributed by atoms with Gasteiger partial charge in [0.15, 0.2) is 11.5 Å². The van der Waals surface area contributed by atoms with Crippen LogP contribution in [0.4, 0.5) is 5.69 Å². The van der Waals surface area contributed by atoms with E-state index in [9.17, 15) is 20.3 Å². The Labute approximate surface area is 192 Å². The van der Waals surface area contributed by atoms with Crippen LogP contribution in [0.3, 0.4) is 0 Å². The molecule has 7 heteroatoms. The number of nitro groups is 1. The van der Waals surface area contributed by atoms with Gasteiger partial charge in [-0.1, -0.05) is 18.2 Å². The monoisotopic (exact) mass is 448 g/mol. The van der Waals surface area contributed by atoms with Gasteiger partial charge in [0.2, 0.25) is 0 Å². The smallest absolute Gasteiger partial charge is 0.269 e. The van der Waals surface area contributed by atoms with Gasteiger partial charge in [0.05, 0.1) is 11.0 Å². The second-order valence-electron chi connectivity index (χ2n) is 10.8. The maximum atomic E-state index is 11.7. The van der Waals surface area contributed by atoms with Gasteiger partial charge in [-0.05, 0) is 67.7 Å². The lowest BCUT2D eigenvalue weighted by Crippen LogP contribution is -2.68. The first-order chi connectivity index (χ1) is 16.0. The van der Waals surface area contributed by atoms with Gasteiger partial charge in [0.1, 0.15) is 6.10 Å². The molecule has 2 aromatic carbocycles. The van der Waals surface area contributed by atoms with Crippen molar-refractivity contribution in [1.82, 2.24) is 4.90 Å². The minimum Gasteiger partial charge on any atom is -0.504 e. The van der Waals surface area contributed by atoms with E-state index in [0.29, 0.717) is 11.8 Å². The molecular formula is C26H28N2O5. The molecule has 0 amide bonds. The second kappa shape index (κ2) is 6.70. The van der Waals surface area contributed by atoms with Crippen molar-refractivity contribution >= 4 is 5.69 Å². The van der Waals surface area contributed by atoms with E-state index >= 15 is 0 Å². The zero-order valence-corrected chi connectivity index (χ0v) is 18.4. The predicted octanol–water partition coefficient (Wildman–Crippen LogP) is 3.50. The first-order valence-electron chi connectivity index (χ1n) is 12.2. The number of rotatable bonds is 4. The van der Waals surface area contributed by atoms with E-state index in [1.165, 1.54) is 24.5 Å². The molecule has 2 aliphatic heterocycles. The summed E-state index contributed by atoms with van der Waals surface area (Å²) in [6.07, 6.45) is 3.99. The number of likely N-dealkylation sites (tertiary alicyclic amines) is 1. The number of aliphatic hydroxyl groups excluding tert-OH is 1. The number of hydrogen-bond donors (Lipinski definition) is 2. The molecule has 0 unspecified atom stereocenters. The Kier molecular flexibility index (Phi) is 4.02. The Morgan fingerprint density at radius 3 is 2.88 bits per heavy atom. The van der Waals surface area contributed by atoms with Crippen molar-refractivity contribution in [2.75, 3.05) is 13.1 Å². The summed E-state index contributed by atoms with van der Waals surface area (Å²) in [7, 11) is 0. The maximum absolute atomic E-state index is 11.7. The van der Waals surface area contributed by atoms with Gasteiger partial charge in [-0.25, -0.2) is 0 Å². The average molecular weight is 449 g/mol. The topological polar surface area (TPSA) is 96.1 Å². The molecule has 2 aromatic rings. The largest absolute Gasteiger partial charge is 0.504 e. The van der Waals surface area contributed by atoms with Crippen molar-refractivity contribution in [3.63, 3.8) is 0 Å². The highest BCUT2D eigenvalue weighted by Gasteiger charge is 2.67. The summed E-state index contributed by atoms with van der Waals surface area (Å²) in [4.78, 5) is 13.7. The van der Waals surface area contributed by atoms with E-state index in [1.807, 2.05) is 12.1 Å². The van der Waals surface area contributed by atoms with Crippen molar-refractivity contribution < 1.29 is 19.9 Å². The summed E-state index contributed by atoms with van der Waals surface area (Å²) in [6.45, 7) is 2.12. The van der Waals surface area contributed by atoms with Crippen LogP contribution in [-0.2, 0) is 11.8 Å². The van der Waals surface area contributed by atoms with E-state index < -0.39 is 12.2 Å². The van der Waals surface area contributed by atoms with Crippen LogP contribution in [0, 0.1) is 22.0 Å². The summed E-state index contributed by atoms with van der Waals surface area (Å²) in [5.41, 5.74) is 2.91. The molecule has 172 valence electrons. The van der Waals surface area contributed by atoms with Gasteiger partial charge in [0, 0.05) is 41.6 Å². The van der Waals surface area contributed by atoms with Gasteiger partial charge < -0.3 is 14.9 Å².